The molecule has 1 unspecified atom stereocenters. The lowest BCUT2D eigenvalue weighted by atomic mass is 10.0. The fourth-order valence-electron chi connectivity index (χ4n) is 4.52. The van der Waals surface area contributed by atoms with Crippen LogP contribution in [-0.4, -0.2) is 77.3 Å². The predicted molar refractivity (Wildman–Crippen MR) is 115 cm³/mol. The van der Waals surface area contributed by atoms with Crippen LogP contribution in [0.25, 0.3) is 0 Å². The first-order valence-electron chi connectivity index (χ1n) is 10.8. The van der Waals surface area contributed by atoms with E-state index in [2.05, 4.69) is 21.0 Å². The van der Waals surface area contributed by atoms with Gasteiger partial charge in [-0.25, -0.2) is 0 Å². The van der Waals surface area contributed by atoms with Crippen molar-refractivity contribution in [2.45, 2.75) is 19.2 Å². The average molecular weight is 426 g/mol. The predicted octanol–water partition coefficient (Wildman–Crippen LogP) is 1.24. The van der Waals surface area contributed by atoms with E-state index in [1.54, 1.807) is 11.7 Å². The molecule has 2 aliphatic rings. The number of ether oxygens (including phenoxy) is 2. The van der Waals surface area contributed by atoms with Crippen LogP contribution in [0, 0.1) is 23.2 Å². The molecule has 0 spiro atoms. The Balaban J connectivity index is 1.19. The highest BCUT2D eigenvalue weighted by atomic mass is 16.5. The first kappa shape index (κ1) is 21.8. The third-order valence-corrected chi connectivity index (χ3v) is 6.08. The first-order chi connectivity index (χ1) is 15.0. The van der Waals surface area contributed by atoms with Crippen molar-refractivity contribution in [3.63, 3.8) is 0 Å². The molecule has 166 valence electrons. The van der Waals surface area contributed by atoms with Crippen molar-refractivity contribution in [1.29, 1.82) is 5.26 Å². The van der Waals surface area contributed by atoms with Crippen molar-refractivity contribution < 1.29 is 14.6 Å². The van der Waals surface area contributed by atoms with Crippen molar-refractivity contribution in [2.24, 2.45) is 18.9 Å². The Bertz CT molecular complexity index is 895. The second-order valence-corrected chi connectivity index (χ2v) is 8.81. The lowest BCUT2D eigenvalue weighted by Gasteiger charge is -2.21. The summed E-state index contributed by atoms with van der Waals surface area (Å²) >= 11 is 0. The molecule has 8 heteroatoms. The summed E-state index contributed by atoms with van der Waals surface area (Å²) in [5.74, 6) is 2.02. The lowest BCUT2D eigenvalue weighted by Crippen LogP contribution is -2.35. The fraction of sp³-hybridized carbons (Fsp3) is 0.565. The Hall–Kier alpha value is -2.44. The molecule has 3 atom stereocenters. The topological polar surface area (TPSA) is 86.8 Å². The molecule has 0 aliphatic carbocycles. The minimum atomic E-state index is -0.498. The van der Waals surface area contributed by atoms with Gasteiger partial charge in [-0.1, -0.05) is 12.1 Å². The van der Waals surface area contributed by atoms with E-state index < -0.39 is 6.10 Å². The van der Waals surface area contributed by atoms with Crippen LogP contribution in [0.4, 0.5) is 0 Å². The Morgan fingerprint density at radius 2 is 1.97 bits per heavy atom. The summed E-state index contributed by atoms with van der Waals surface area (Å²) < 4.78 is 12.9. The van der Waals surface area contributed by atoms with Gasteiger partial charge in [-0.2, -0.15) is 10.4 Å². The minimum absolute atomic E-state index is 0.294. The molecule has 2 aliphatic heterocycles. The number of nitriles is 1. The van der Waals surface area contributed by atoms with E-state index in [1.807, 2.05) is 37.4 Å². The quantitative estimate of drug-likeness (QED) is 0.647. The smallest absolute Gasteiger partial charge is 0.138 e. The van der Waals surface area contributed by atoms with Crippen LogP contribution in [0.3, 0.4) is 0 Å². The van der Waals surface area contributed by atoms with Crippen LogP contribution in [0.15, 0.2) is 30.3 Å². The molecule has 0 radical (unpaired) electrons. The molecule has 31 heavy (non-hydrogen) atoms. The second-order valence-electron chi connectivity index (χ2n) is 8.81. The zero-order valence-corrected chi connectivity index (χ0v) is 18.3. The maximum atomic E-state index is 10.4. The van der Waals surface area contributed by atoms with Gasteiger partial charge in [0.1, 0.15) is 30.2 Å². The fourth-order valence-corrected chi connectivity index (χ4v) is 4.52. The van der Waals surface area contributed by atoms with E-state index in [4.69, 9.17) is 14.7 Å². The maximum absolute atomic E-state index is 10.4. The summed E-state index contributed by atoms with van der Waals surface area (Å²) in [7, 11) is 3.81. The summed E-state index contributed by atoms with van der Waals surface area (Å²) in [6.07, 6.45) is -0.498. The number of aliphatic hydroxyl groups is 1. The number of aromatic nitrogens is 2. The molecule has 0 amide bonds. The molecule has 1 aromatic heterocycles. The zero-order chi connectivity index (χ0) is 21.8. The van der Waals surface area contributed by atoms with Gasteiger partial charge in [0, 0.05) is 51.6 Å². The van der Waals surface area contributed by atoms with Crippen molar-refractivity contribution in [2.75, 3.05) is 46.5 Å². The zero-order valence-electron chi connectivity index (χ0n) is 18.3. The summed E-state index contributed by atoms with van der Waals surface area (Å²) in [6.45, 7) is 6.13. The van der Waals surface area contributed by atoms with Crippen molar-refractivity contribution >= 4 is 0 Å². The maximum Gasteiger partial charge on any atom is 0.138 e. The molecule has 2 aromatic rings. The third-order valence-electron chi connectivity index (χ3n) is 6.08. The minimum Gasteiger partial charge on any atom is -0.491 e. The van der Waals surface area contributed by atoms with Gasteiger partial charge in [0.25, 0.3) is 0 Å². The van der Waals surface area contributed by atoms with E-state index in [0.29, 0.717) is 37.2 Å². The van der Waals surface area contributed by atoms with Gasteiger partial charge in [-0.15, -0.1) is 0 Å². The Morgan fingerprint density at radius 1 is 1.26 bits per heavy atom. The lowest BCUT2D eigenvalue weighted by molar-refractivity contribution is 0.0676. The van der Waals surface area contributed by atoms with Crippen LogP contribution >= 0.6 is 0 Å². The molecule has 2 saturated heterocycles. The highest BCUT2D eigenvalue weighted by Crippen LogP contribution is 2.29. The molecule has 1 aromatic carbocycles. The summed E-state index contributed by atoms with van der Waals surface area (Å²) in [4.78, 5) is 4.48. The number of hydrogen-bond acceptors (Lipinski definition) is 7. The van der Waals surface area contributed by atoms with Crippen molar-refractivity contribution in [1.82, 2.24) is 19.6 Å². The monoisotopic (exact) mass is 425 g/mol. The molecule has 2 fully saturated rings. The third kappa shape index (κ3) is 5.63. The Kier molecular flexibility index (Phi) is 6.88. The Morgan fingerprint density at radius 3 is 2.61 bits per heavy atom. The van der Waals surface area contributed by atoms with E-state index in [1.165, 1.54) is 0 Å². The number of fused-ring (bicyclic) bond motifs is 1. The van der Waals surface area contributed by atoms with Gasteiger partial charge in [-0.05, 0) is 30.8 Å². The molecule has 0 bridgehead atoms. The van der Waals surface area contributed by atoms with Gasteiger partial charge in [0.05, 0.1) is 18.9 Å². The molecule has 8 nitrogen and oxygen atoms in total. The van der Waals surface area contributed by atoms with Gasteiger partial charge in [-0.3, -0.25) is 14.5 Å². The number of rotatable bonds is 9. The second kappa shape index (κ2) is 9.79. The summed E-state index contributed by atoms with van der Waals surface area (Å²) in [5, 5.41) is 23.8. The van der Waals surface area contributed by atoms with Crippen molar-refractivity contribution in [3.05, 3.63) is 47.3 Å². The van der Waals surface area contributed by atoms with Gasteiger partial charge >= 0.3 is 0 Å². The van der Waals surface area contributed by atoms with E-state index >= 15 is 0 Å². The van der Waals surface area contributed by atoms with E-state index in [0.717, 1.165) is 49.9 Å². The molecular formula is C23H31N5O3. The number of aryl methyl sites for hydroxylation is 1. The van der Waals surface area contributed by atoms with Gasteiger partial charge in [0.15, 0.2) is 0 Å². The molecule has 1 N–H and O–H groups in total. The molecule has 3 heterocycles. The van der Waals surface area contributed by atoms with Gasteiger partial charge < -0.3 is 14.6 Å². The van der Waals surface area contributed by atoms with E-state index in [-0.39, 0.29) is 0 Å². The SMILES string of the molecule is CN(Cc1ccc(OCC(O)CN2C[C@H]3COC[C@H]3C2)cc1)Cc1cc(C#N)n(C)n1. The summed E-state index contributed by atoms with van der Waals surface area (Å²) in [5.41, 5.74) is 2.61. The number of hydrogen-bond donors (Lipinski definition) is 1. The number of nitrogens with zero attached hydrogens (tertiary/aromatic N) is 5. The number of likely N-dealkylation sites (tertiary alicyclic amines) is 1. The average Bonchev–Trinajstić information content (AvgIpc) is 3.42. The number of β-amino-alcohol motifs (C(OH)–C–C–N with tert-alkyl or cyclic N) is 1. The van der Waals surface area contributed by atoms with Crippen LogP contribution in [0.2, 0.25) is 0 Å². The molecule has 4 rings (SSSR count). The van der Waals surface area contributed by atoms with Crippen LogP contribution in [0.1, 0.15) is 17.0 Å². The highest BCUT2D eigenvalue weighted by molar-refractivity contribution is 5.27. The largest absolute Gasteiger partial charge is 0.491 e. The first-order valence-corrected chi connectivity index (χ1v) is 10.8. The van der Waals surface area contributed by atoms with Crippen LogP contribution in [-0.2, 0) is 24.9 Å². The van der Waals surface area contributed by atoms with Crippen LogP contribution in [0.5, 0.6) is 5.75 Å². The van der Waals surface area contributed by atoms with Crippen molar-refractivity contribution in [3.8, 4) is 11.8 Å². The van der Waals surface area contributed by atoms with Crippen LogP contribution < -0.4 is 4.74 Å². The van der Waals surface area contributed by atoms with Gasteiger partial charge in [0.2, 0.25) is 0 Å². The normalized spacial score (nSPS) is 21.9. The standard InChI is InChI=1S/C23H31N5O3/c1-26(12-20-7-21(8-24)27(2)25-20)9-17-3-5-23(6-4-17)31-16-22(29)13-28-10-18-14-30-15-19(18)11-28/h3-7,18-19,22,29H,9-16H2,1-2H3/t18-,19+,22?. The summed E-state index contributed by atoms with van der Waals surface area (Å²) in [6, 6.07) is 11.9. The molecule has 0 saturated carbocycles. The Labute approximate surface area is 183 Å². The number of benzene rings is 1. The van der Waals surface area contributed by atoms with E-state index in [9.17, 15) is 5.11 Å². The highest BCUT2D eigenvalue weighted by Gasteiger charge is 2.37. The number of aliphatic hydroxyl groups excluding tert-OH is 1. The molecular weight excluding hydrogens is 394 g/mol.